The van der Waals surface area contributed by atoms with Crippen molar-refractivity contribution in [1.29, 1.82) is 0 Å². The van der Waals surface area contributed by atoms with Crippen LogP contribution < -0.4 is 0 Å². The monoisotopic (exact) mass is 163 g/mol. The molecular weight excluding hydrogens is 158 g/mol. The summed E-state index contributed by atoms with van der Waals surface area (Å²) in [5.74, 6) is 0. The standard InChI is InChI=1S/C7H5N3O2/c11-10(12)6-1-3-9-4-2-8-5-7(6)9/h1-5H. The van der Waals surface area contributed by atoms with Gasteiger partial charge in [0, 0.05) is 24.7 Å². The second-order valence-corrected chi connectivity index (χ2v) is 2.33. The topological polar surface area (TPSA) is 60.4 Å². The molecular formula is C7H5N3O2. The molecule has 0 fully saturated rings. The van der Waals surface area contributed by atoms with Crippen molar-refractivity contribution in [3.8, 4) is 0 Å². The van der Waals surface area contributed by atoms with Crippen molar-refractivity contribution in [2.75, 3.05) is 0 Å². The molecule has 0 saturated carbocycles. The van der Waals surface area contributed by atoms with Crippen molar-refractivity contribution in [1.82, 2.24) is 9.38 Å². The van der Waals surface area contributed by atoms with E-state index in [0.29, 0.717) is 5.52 Å². The van der Waals surface area contributed by atoms with Gasteiger partial charge < -0.3 is 4.40 Å². The lowest BCUT2D eigenvalue weighted by Crippen LogP contribution is -1.88. The van der Waals surface area contributed by atoms with E-state index in [-0.39, 0.29) is 5.69 Å². The Morgan fingerprint density at radius 2 is 2.33 bits per heavy atom. The predicted molar refractivity (Wildman–Crippen MR) is 41.8 cm³/mol. The molecule has 0 bridgehead atoms. The molecule has 60 valence electrons. The van der Waals surface area contributed by atoms with Gasteiger partial charge in [-0.2, -0.15) is 0 Å². The number of hydrogen-bond acceptors (Lipinski definition) is 3. The molecule has 2 aromatic rings. The predicted octanol–water partition coefficient (Wildman–Crippen LogP) is 1.24. The highest BCUT2D eigenvalue weighted by Crippen LogP contribution is 2.18. The molecule has 12 heavy (non-hydrogen) atoms. The largest absolute Gasteiger partial charge is 0.315 e. The summed E-state index contributed by atoms with van der Waals surface area (Å²) in [6, 6.07) is 1.46. The highest BCUT2D eigenvalue weighted by atomic mass is 16.6. The average molecular weight is 163 g/mol. The van der Waals surface area contributed by atoms with Crippen LogP contribution in [0, 0.1) is 10.1 Å². The van der Waals surface area contributed by atoms with Gasteiger partial charge in [0.05, 0.1) is 11.1 Å². The van der Waals surface area contributed by atoms with Gasteiger partial charge in [-0.25, -0.2) is 0 Å². The Balaban J connectivity index is 2.79. The Hall–Kier alpha value is -1.91. The van der Waals surface area contributed by atoms with E-state index in [4.69, 9.17) is 0 Å². The molecule has 0 atom stereocenters. The summed E-state index contributed by atoms with van der Waals surface area (Å²) in [7, 11) is 0. The summed E-state index contributed by atoms with van der Waals surface area (Å²) in [5.41, 5.74) is 0.602. The minimum atomic E-state index is -0.420. The zero-order chi connectivity index (χ0) is 8.55. The number of aromatic nitrogens is 2. The van der Waals surface area contributed by atoms with Crippen LogP contribution in [0.3, 0.4) is 0 Å². The SMILES string of the molecule is O=[N+]([O-])c1ccn2ccncc12. The molecule has 2 heterocycles. The lowest BCUT2D eigenvalue weighted by molar-refractivity contribution is -0.383. The van der Waals surface area contributed by atoms with E-state index in [1.807, 2.05) is 0 Å². The van der Waals surface area contributed by atoms with Crippen LogP contribution in [0.4, 0.5) is 5.69 Å². The Bertz CT molecular complexity index is 435. The van der Waals surface area contributed by atoms with E-state index in [1.165, 1.54) is 12.3 Å². The van der Waals surface area contributed by atoms with Crippen LogP contribution in [0.2, 0.25) is 0 Å². The molecule has 2 rings (SSSR count). The summed E-state index contributed by atoms with van der Waals surface area (Å²) >= 11 is 0. The molecule has 5 heteroatoms. The molecule has 0 aliphatic rings. The van der Waals surface area contributed by atoms with Gasteiger partial charge in [-0.3, -0.25) is 15.1 Å². The van der Waals surface area contributed by atoms with Crippen molar-refractivity contribution in [3.05, 3.63) is 41.0 Å². The lowest BCUT2D eigenvalue weighted by Gasteiger charge is -1.90. The number of hydrogen-bond donors (Lipinski definition) is 0. The molecule has 0 saturated heterocycles. The zero-order valence-electron chi connectivity index (χ0n) is 6.04. The van der Waals surface area contributed by atoms with Crippen LogP contribution in [0.5, 0.6) is 0 Å². The van der Waals surface area contributed by atoms with Crippen molar-refractivity contribution in [2.45, 2.75) is 0 Å². The van der Waals surface area contributed by atoms with Crippen molar-refractivity contribution in [2.24, 2.45) is 0 Å². The highest BCUT2D eigenvalue weighted by molar-refractivity contribution is 5.64. The van der Waals surface area contributed by atoms with Gasteiger partial charge in [0.1, 0.15) is 5.52 Å². The van der Waals surface area contributed by atoms with Crippen molar-refractivity contribution >= 4 is 11.2 Å². The van der Waals surface area contributed by atoms with Crippen molar-refractivity contribution < 1.29 is 4.92 Å². The Morgan fingerprint density at radius 1 is 1.50 bits per heavy atom. The van der Waals surface area contributed by atoms with Crippen LogP contribution >= 0.6 is 0 Å². The molecule has 0 unspecified atom stereocenters. The van der Waals surface area contributed by atoms with Gasteiger partial charge in [0.15, 0.2) is 0 Å². The fourth-order valence-corrected chi connectivity index (χ4v) is 1.09. The van der Waals surface area contributed by atoms with E-state index >= 15 is 0 Å². The fraction of sp³-hybridized carbons (Fsp3) is 0. The van der Waals surface area contributed by atoms with E-state index in [9.17, 15) is 10.1 Å². The van der Waals surface area contributed by atoms with Crippen LogP contribution in [0.1, 0.15) is 0 Å². The summed E-state index contributed by atoms with van der Waals surface area (Å²) in [5, 5.41) is 10.4. The second kappa shape index (κ2) is 2.30. The molecule has 0 aliphatic carbocycles. The van der Waals surface area contributed by atoms with E-state index in [1.54, 1.807) is 23.0 Å². The van der Waals surface area contributed by atoms with Crippen LogP contribution in [0.15, 0.2) is 30.9 Å². The van der Waals surface area contributed by atoms with Crippen LogP contribution in [-0.2, 0) is 0 Å². The van der Waals surface area contributed by atoms with Gasteiger partial charge in [-0.1, -0.05) is 0 Å². The third kappa shape index (κ3) is 0.833. The van der Waals surface area contributed by atoms with Gasteiger partial charge >= 0.3 is 0 Å². The molecule has 0 spiro atoms. The maximum Gasteiger partial charge on any atom is 0.296 e. The number of nitrogens with zero attached hydrogens (tertiary/aromatic N) is 3. The summed E-state index contributed by atoms with van der Waals surface area (Å²) in [4.78, 5) is 13.8. The van der Waals surface area contributed by atoms with Crippen molar-refractivity contribution in [3.63, 3.8) is 0 Å². The first-order valence-electron chi connectivity index (χ1n) is 3.34. The summed E-state index contributed by atoms with van der Waals surface area (Å²) in [6.07, 6.45) is 6.35. The summed E-state index contributed by atoms with van der Waals surface area (Å²) in [6.45, 7) is 0. The van der Waals surface area contributed by atoms with Gasteiger partial charge in [-0.05, 0) is 0 Å². The molecule has 0 N–H and O–H groups in total. The third-order valence-electron chi connectivity index (χ3n) is 1.64. The number of fused-ring (bicyclic) bond motifs is 1. The van der Waals surface area contributed by atoms with E-state index < -0.39 is 4.92 Å². The second-order valence-electron chi connectivity index (χ2n) is 2.33. The summed E-state index contributed by atoms with van der Waals surface area (Å²) < 4.78 is 1.66. The van der Waals surface area contributed by atoms with Gasteiger partial charge in [-0.15, -0.1) is 0 Å². The maximum absolute atomic E-state index is 10.4. The van der Waals surface area contributed by atoms with Gasteiger partial charge in [0.25, 0.3) is 5.69 Å². The third-order valence-corrected chi connectivity index (χ3v) is 1.64. The maximum atomic E-state index is 10.4. The first-order valence-corrected chi connectivity index (χ1v) is 3.34. The first kappa shape index (κ1) is 6.78. The van der Waals surface area contributed by atoms with Crippen LogP contribution in [-0.4, -0.2) is 14.3 Å². The van der Waals surface area contributed by atoms with E-state index in [2.05, 4.69) is 4.98 Å². The molecule has 5 nitrogen and oxygen atoms in total. The smallest absolute Gasteiger partial charge is 0.296 e. The Morgan fingerprint density at radius 3 is 3.08 bits per heavy atom. The minimum absolute atomic E-state index is 0.0862. The number of rotatable bonds is 1. The molecule has 0 aromatic carbocycles. The van der Waals surface area contributed by atoms with E-state index in [0.717, 1.165) is 0 Å². The normalized spacial score (nSPS) is 10.3. The quantitative estimate of drug-likeness (QED) is 0.469. The minimum Gasteiger partial charge on any atom is -0.315 e. The first-order chi connectivity index (χ1) is 5.79. The molecule has 0 radical (unpaired) electrons. The fourth-order valence-electron chi connectivity index (χ4n) is 1.09. The number of nitro groups is 1. The molecule has 2 aromatic heterocycles. The zero-order valence-corrected chi connectivity index (χ0v) is 6.04. The van der Waals surface area contributed by atoms with Crippen LogP contribution in [0.25, 0.3) is 5.52 Å². The lowest BCUT2D eigenvalue weighted by atomic mass is 10.4. The average Bonchev–Trinajstić information content (AvgIpc) is 2.47. The van der Waals surface area contributed by atoms with Gasteiger partial charge in [0.2, 0.25) is 0 Å². The molecule has 0 aliphatic heterocycles. The Labute approximate surface area is 67.4 Å². The molecule has 0 amide bonds. The highest BCUT2D eigenvalue weighted by Gasteiger charge is 2.11. The Kier molecular flexibility index (Phi) is 1.30.